The Morgan fingerprint density at radius 2 is 1.90 bits per heavy atom. The van der Waals surface area contributed by atoms with E-state index in [4.69, 9.17) is 11.6 Å². The Hall–Kier alpha value is -2.49. The van der Waals surface area contributed by atoms with Crippen LogP contribution in [0.15, 0.2) is 47.6 Å². The molecule has 0 spiro atoms. The quantitative estimate of drug-likeness (QED) is 0.679. The standard InChI is InChI=1S/C20H23ClN4O4S/c1-14-17(21)5-2-6-18(14)24-20(27)19(26)23-12-15-7-10-25(11-8-15)30(28,29)16-4-3-9-22-13-16/h2-6,9,13,15H,7-8,10-12H2,1H3,(H,23,26)(H,24,27). The second kappa shape index (κ2) is 9.55. The Kier molecular flexibility index (Phi) is 7.06. The summed E-state index contributed by atoms with van der Waals surface area (Å²) in [6, 6.07) is 8.18. The van der Waals surface area contributed by atoms with E-state index in [-0.39, 0.29) is 10.8 Å². The van der Waals surface area contributed by atoms with Crippen LogP contribution in [0, 0.1) is 12.8 Å². The highest BCUT2D eigenvalue weighted by molar-refractivity contribution is 7.89. The maximum absolute atomic E-state index is 12.6. The Balaban J connectivity index is 1.48. The van der Waals surface area contributed by atoms with Crippen LogP contribution in [-0.4, -0.2) is 49.2 Å². The number of aromatic nitrogens is 1. The van der Waals surface area contributed by atoms with Crippen molar-refractivity contribution in [1.29, 1.82) is 0 Å². The van der Waals surface area contributed by atoms with E-state index < -0.39 is 21.8 Å². The fraction of sp³-hybridized carbons (Fsp3) is 0.350. The Morgan fingerprint density at radius 3 is 2.57 bits per heavy atom. The van der Waals surface area contributed by atoms with Gasteiger partial charge in [-0.2, -0.15) is 4.31 Å². The van der Waals surface area contributed by atoms with Gasteiger partial charge >= 0.3 is 11.8 Å². The van der Waals surface area contributed by atoms with Crippen LogP contribution in [0.5, 0.6) is 0 Å². The van der Waals surface area contributed by atoms with Gasteiger partial charge in [-0.15, -0.1) is 0 Å². The van der Waals surface area contributed by atoms with Crippen LogP contribution in [0.2, 0.25) is 5.02 Å². The molecule has 2 heterocycles. The minimum atomic E-state index is -3.56. The molecule has 0 atom stereocenters. The number of carbonyl (C=O) groups is 2. The summed E-state index contributed by atoms with van der Waals surface area (Å²) in [5.74, 6) is -1.41. The normalized spacial score (nSPS) is 15.5. The monoisotopic (exact) mass is 450 g/mol. The van der Waals surface area contributed by atoms with Crippen LogP contribution < -0.4 is 10.6 Å². The van der Waals surface area contributed by atoms with E-state index in [1.807, 2.05) is 0 Å². The third kappa shape index (κ3) is 5.16. The molecule has 160 valence electrons. The molecule has 2 N–H and O–H groups in total. The number of sulfonamides is 1. The molecule has 0 bridgehead atoms. The van der Waals surface area contributed by atoms with Crippen LogP contribution in [0.4, 0.5) is 5.69 Å². The van der Waals surface area contributed by atoms with Crippen LogP contribution in [0.25, 0.3) is 0 Å². The first-order valence-electron chi connectivity index (χ1n) is 9.53. The molecule has 1 aliphatic rings. The van der Waals surface area contributed by atoms with Gasteiger partial charge in [0.25, 0.3) is 0 Å². The smallest absolute Gasteiger partial charge is 0.313 e. The first kappa shape index (κ1) is 22.2. The van der Waals surface area contributed by atoms with Crippen molar-refractivity contribution < 1.29 is 18.0 Å². The molecule has 2 amide bonds. The van der Waals surface area contributed by atoms with E-state index in [2.05, 4.69) is 15.6 Å². The average molecular weight is 451 g/mol. The van der Waals surface area contributed by atoms with Gasteiger partial charge in [-0.25, -0.2) is 8.42 Å². The van der Waals surface area contributed by atoms with Crippen LogP contribution in [-0.2, 0) is 19.6 Å². The van der Waals surface area contributed by atoms with E-state index in [0.717, 1.165) is 0 Å². The molecule has 1 aromatic heterocycles. The van der Waals surface area contributed by atoms with Crippen molar-refractivity contribution in [2.75, 3.05) is 25.0 Å². The second-order valence-corrected chi connectivity index (χ2v) is 9.46. The predicted octanol–water partition coefficient (Wildman–Crippen LogP) is 2.20. The zero-order chi connectivity index (χ0) is 21.7. The van der Waals surface area contributed by atoms with Gasteiger partial charge in [0, 0.05) is 42.7 Å². The molecule has 0 saturated carbocycles. The summed E-state index contributed by atoms with van der Waals surface area (Å²) < 4.78 is 26.7. The highest BCUT2D eigenvalue weighted by Crippen LogP contribution is 2.24. The Labute approximate surface area is 180 Å². The van der Waals surface area contributed by atoms with Crippen LogP contribution >= 0.6 is 11.6 Å². The van der Waals surface area contributed by atoms with Gasteiger partial charge in [0.05, 0.1) is 0 Å². The molecule has 8 nitrogen and oxygen atoms in total. The summed E-state index contributed by atoms with van der Waals surface area (Å²) in [4.78, 5) is 28.3. The number of anilines is 1. The van der Waals surface area contributed by atoms with Crippen molar-refractivity contribution in [3.8, 4) is 0 Å². The maximum Gasteiger partial charge on any atom is 0.313 e. The molecular formula is C20H23ClN4O4S. The highest BCUT2D eigenvalue weighted by Gasteiger charge is 2.30. The lowest BCUT2D eigenvalue weighted by atomic mass is 9.98. The minimum absolute atomic E-state index is 0.0926. The molecule has 2 aromatic rings. The fourth-order valence-corrected chi connectivity index (χ4v) is 4.85. The number of hydrogen-bond acceptors (Lipinski definition) is 5. The molecule has 0 aliphatic carbocycles. The summed E-state index contributed by atoms with van der Waals surface area (Å²) in [5, 5.41) is 5.69. The number of halogens is 1. The number of amides is 2. The van der Waals surface area contributed by atoms with Crippen molar-refractivity contribution in [1.82, 2.24) is 14.6 Å². The van der Waals surface area contributed by atoms with Crippen molar-refractivity contribution >= 4 is 39.1 Å². The SMILES string of the molecule is Cc1c(Cl)cccc1NC(=O)C(=O)NCC1CCN(S(=O)(=O)c2cccnc2)CC1. The number of pyridine rings is 1. The molecular weight excluding hydrogens is 428 g/mol. The predicted molar refractivity (Wildman–Crippen MR) is 114 cm³/mol. The number of benzene rings is 1. The summed E-state index contributed by atoms with van der Waals surface area (Å²) in [7, 11) is -3.56. The number of carbonyl (C=O) groups excluding carboxylic acids is 2. The third-order valence-electron chi connectivity index (χ3n) is 5.12. The average Bonchev–Trinajstić information content (AvgIpc) is 2.76. The van der Waals surface area contributed by atoms with E-state index in [1.54, 1.807) is 31.2 Å². The van der Waals surface area contributed by atoms with Gasteiger partial charge in [0.2, 0.25) is 10.0 Å². The lowest BCUT2D eigenvalue weighted by Crippen LogP contribution is -2.43. The lowest BCUT2D eigenvalue weighted by molar-refractivity contribution is -0.136. The van der Waals surface area contributed by atoms with Gasteiger partial charge in [0.15, 0.2) is 0 Å². The van der Waals surface area contributed by atoms with Gasteiger partial charge in [0.1, 0.15) is 4.90 Å². The minimum Gasteiger partial charge on any atom is -0.348 e. The highest BCUT2D eigenvalue weighted by atomic mass is 35.5. The molecule has 1 saturated heterocycles. The number of nitrogens with zero attached hydrogens (tertiary/aromatic N) is 2. The first-order valence-corrected chi connectivity index (χ1v) is 11.4. The number of hydrogen-bond donors (Lipinski definition) is 2. The van der Waals surface area contributed by atoms with Crippen LogP contribution in [0.3, 0.4) is 0 Å². The van der Waals surface area contributed by atoms with Crippen LogP contribution in [0.1, 0.15) is 18.4 Å². The Bertz CT molecular complexity index is 1020. The van der Waals surface area contributed by atoms with Crippen molar-refractivity contribution in [2.45, 2.75) is 24.7 Å². The van der Waals surface area contributed by atoms with Crippen molar-refractivity contribution in [3.63, 3.8) is 0 Å². The maximum atomic E-state index is 12.6. The van der Waals surface area contributed by atoms with E-state index in [9.17, 15) is 18.0 Å². The van der Waals surface area contributed by atoms with Gasteiger partial charge in [-0.3, -0.25) is 14.6 Å². The van der Waals surface area contributed by atoms with E-state index in [0.29, 0.717) is 48.7 Å². The molecule has 1 aliphatic heterocycles. The summed E-state index contributed by atoms with van der Waals surface area (Å²) in [6.07, 6.45) is 4.04. The molecule has 0 unspecified atom stereocenters. The van der Waals surface area contributed by atoms with Crippen molar-refractivity contribution in [2.24, 2.45) is 5.92 Å². The van der Waals surface area contributed by atoms with E-state index in [1.165, 1.54) is 22.8 Å². The zero-order valence-electron chi connectivity index (χ0n) is 16.5. The molecule has 10 heteroatoms. The van der Waals surface area contributed by atoms with Gasteiger partial charge < -0.3 is 10.6 Å². The number of nitrogens with one attached hydrogen (secondary N) is 2. The fourth-order valence-electron chi connectivity index (χ4n) is 3.24. The summed E-state index contributed by atoms with van der Waals surface area (Å²) >= 11 is 6.02. The summed E-state index contributed by atoms with van der Waals surface area (Å²) in [5.41, 5.74) is 1.17. The largest absolute Gasteiger partial charge is 0.348 e. The van der Waals surface area contributed by atoms with Gasteiger partial charge in [-0.1, -0.05) is 17.7 Å². The second-order valence-electron chi connectivity index (χ2n) is 7.11. The molecule has 0 radical (unpaired) electrons. The first-order chi connectivity index (χ1) is 14.3. The molecule has 30 heavy (non-hydrogen) atoms. The number of piperidine rings is 1. The molecule has 1 fully saturated rings. The number of rotatable bonds is 5. The molecule has 1 aromatic carbocycles. The third-order valence-corrected chi connectivity index (χ3v) is 7.41. The van der Waals surface area contributed by atoms with E-state index >= 15 is 0 Å². The topological polar surface area (TPSA) is 108 Å². The molecule has 3 rings (SSSR count). The van der Waals surface area contributed by atoms with Crippen molar-refractivity contribution in [3.05, 3.63) is 53.3 Å². The zero-order valence-corrected chi connectivity index (χ0v) is 18.0. The van der Waals surface area contributed by atoms with Gasteiger partial charge in [-0.05, 0) is 55.5 Å². The lowest BCUT2D eigenvalue weighted by Gasteiger charge is -2.31. The Morgan fingerprint density at radius 1 is 1.17 bits per heavy atom. The summed E-state index contributed by atoms with van der Waals surface area (Å²) in [6.45, 7) is 2.77.